The van der Waals surface area contributed by atoms with Crippen LogP contribution in [0.25, 0.3) is 0 Å². The zero-order chi connectivity index (χ0) is 15.0. The normalized spacial score (nSPS) is 18.3. The summed E-state index contributed by atoms with van der Waals surface area (Å²) in [6.45, 7) is 6.20. The van der Waals surface area contributed by atoms with Gasteiger partial charge in [-0.25, -0.2) is 0 Å². The van der Waals surface area contributed by atoms with E-state index in [0.29, 0.717) is 5.76 Å². The molecule has 0 atom stereocenters. The van der Waals surface area contributed by atoms with E-state index in [1.54, 1.807) is 6.07 Å². The van der Waals surface area contributed by atoms with Crippen LogP contribution in [0.4, 0.5) is 13.2 Å². The lowest BCUT2D eigenvalue weighted by Gasteiger charge is -2.25. The van der Waals surface area contributed by atoms with Gasteiger partial charge in [0.15, 0.2) is 0 Å². The van der Waals surface area contributed by atoms with Gasteiger partial charge in [-0.1, -0.05) is 38.8 Å². The van der Waals surface area contributed by atoms with Crippen molar-refractivity contribution in [3.05, 3.63) is 17.5 Å². The molecule has 0 amide bonds. The number of aromatic nitrogens is 1. The summed E-state index contributed by atoms with van der Waals surface area (Å²) in [5.74, 6) is 0.603. The number of nitrogens with zero attached hydrogens (tertiary/aromatic N) is 1. The highest BCUT2D eigenvalue weighted by Crippen LogP contribution is 2.58. The molecule has 0 aliphatic heterocycles. The van der Waals surface area contributed by atoms with Crippen molar-refractivity contribution in [3.63, 3.8) is 0 Å². The number of hydrogen-bond acceptors (Lipinski definition) is 2. The van der Waals surface area contributed by atoms with Gasteiger partial charge in [0.2, 0.25) is 0 Å². The summed E-state index contributed by atoms with van der Waals surface area (Å²) in [5.41, 5.74) is -1.89. The van der Waals surface area contributed by atoms with Gasteiger partial charge in [-0.15, -0.1) is 0 Å². The summed E-state index contributed by atoms with van der Waals surface area (Å²) in [7, 11) is 0. The summed E-state index contributed by atoms with van der Waals surface area (Å²) >= 11 is 0. The Morgan fingerprint density at radius 1 is 1.20 bits per heavy atom. The highest BCUT2D eigenvalue weighted by Gasteiger charge is 2.66. The van der Waals surface area contributed by atoms with Gasteiger partial charge in [0.25, 0.3) is 0 Å². The third-order valence-electron chi connectivity index (χ3n) is 4.49. The molecule has 1 heterocycles. The van der Waals surface area contributed by atoms with Crippen LogP contribution in [0.1, 0.15) is 70.8 Å². The van der Waals surface area contributed by atoms with Gasteiger partial charge in [0, 0.05) is 11.5 Å². The Hall–Kier alpha value is -1.00. The van der Waals surface area contributed by atoms with Crippen LogP contribution < -0.4 is 0 Å². The summed E-state index contributed by atoms with van der Waals surface area (Å²) in [6.07, 6.45) is -0.245. The van der Waals surface area contributed by atoms with Crippen LogP contribution in [0.2, 0.25) is 0 Å². The minimum Gasteiger partial charge on any atom is -0.361 e. The molecular formula is C15H22F3NO. The summed E-state index contributed by atoms with van der Waals surface area (Å²) in [6, 6.07) is 1.55. The van der Waals surface area contributed by atoms with E-state index in [9.17, 15) is 13.2 Å². The van der Waals surface area contributed by atoms with Crippen molar-refractivity contribution >= 4 is 0 Å². The molecule has 1 aliphatic rings. The maximum absolute atomic E-state index is 13.1. The SMILES string of the molecule is CCCC(C)(CCC)c1cc(C2(C(F)(F)F)CC2)no1. The molecule has 2 nitrogen and oxygen atoms in total. The van der Waals surface area contributed by atoms with Crippen LogP contribution in [0, 0.1) is 0 Å². The number of rotatable bonds is 6. The van der Waals surface area contributed by atoms with E-state index in [-0.39, 0.29) is 24.0 Å². The van der Waals surface area contributed by atoms with E-state index in [4.69, 9.17) is 4.52 Å². The quantitative estimate of drug-likeness (QED) is 0.726. The lowest BCUT2D eigenvalue weighted by Crippen LogP contribution is -2.29. The predicted octanol–water partition coefficient (Wildman–Crippen LogP) is 5.13. The standard InChI is InChI=1S/C15H22F3NO/c1-4-6-13(3,7-5-2)12-10-11(19-20-12)14(8-9-14)15(16,17)18/h10H,4-9H2,1-3H3. The first-order valence-corrected chi connectivity index (χ1v) is 7.33. The molecule has 5 heteroatoms. The van der Waals surface area contributed by atoms with Crippen molar-refractivity contribution in [1.29, 1.82) is 0 Å². The van der Waals surface area contributed by atoms with Crippen LogP contribution in [-0.2, 0) is 10.8 Å². The van der Waals surface area contributed by atoms with E-state index in [0.717, 1.165) is 25.7 Å². The van der Waals surface area contributed by atoms with Crippen molar-refractivity contribution in [2.24, 2.45) is 0 Å². The third kappa shape index (κ3) is 2.47. The fourth-order valence-corrected chi connectivity index (χ4v) is 3.07. The van der Waals surface area contributed by atoms with Gasteiger partial charge in [-0.2, -0.15) is 13.2 Å². The second kappa shape index (κ2) is 5.08. The van der Waals surface area contributed by atoms with Gasteiger partial charge in [0.05, 0.1) is 5.69 Å². The fourth-order valence-electron chi connectivity index (χ4n) is 3.07. The molecule has 0 saturated heterocycles. The molecule has 0 radical (unpaired) electrons. The van der Waals surface area contributed by atoms with E-state index in [2.05, 4.69) is 25.9 Å². The summed E-state index contributed by atoms with van der Waals surface area (Å²) < 4.78 is 44.6. The third-order valence-corrected chi connectivity index (χ3v) is 4.49. The van der Waals surface area contributed by atoms with Crippen LogP contribution >= 0.6 is 0 Å². The molecule has 2 rings (SSSR count). The number of hydrogen-bond donors (Lipinski definition) is 0. The Balaban J connectivity index is 2.29. The van der Waals surface area contributed by atoms with Crippen molar-refractivity contribution in [2.45, 2.75) is 76.3 Å². The largest absolute Gasteiger partial charge is 0.400 e. The van der Waals surface area contributed by atoms with Gasteiger partial charge in [-0.05, 0) is 25.7 Å². The molecular weight excluding hydrogens is 267 g/mol. The lowest BCUT2D eigenvalue weighted by atomic mass is 9.78. The van der Waals surface area contributed by atoms with Crippen molar-refractivity contribution < 1.29 is 17.7 Å². The molecule has 1 aliphatic carbocycles. The minimum atomic E-state index is -4.23. The molecule has 1 aromatic heterocycles. The Labute approximate surface area is 117 Å². The van der Waals surface area contributed by atoms with E-state index >= 15 is 0 Å². The number of halogens is 3. The zero-order valence-corrected chi connectivity index (χ0v) is 12.3. The molecule has 1 saturated carbocycles. The predicted molar refractivity (Wildman–Crippen MR) is 70.6 cm³/mol. The average Bonchev–Trinajstić information content (AvgIpc) is 3.01. The summed E-state index contributed by atoms with van der Waals surface area (Å²) in [4.78, 5) is 0. The van der Waals surface area contributed by atoms with Crippen molar-refractivity contribution in [1.82, 2.24) is 5.16 Å². The molecule has 0 unspecified atom stereocenters. The first kappa shape index (κ1) is 15.4. The molecule has 20 heavy (non-hydrogen) atoms. The molecule has 0 N–H and O–H groups in total. The first-order chi connectivity index (χ1) is 9.29. The monoisotopic (exact) mass is 289 g/mol. The highest BCUT2D eigenvalue weighted by molar-refractivity contribution is 5.30. The van der Waals surface area contributed by atoms with Crippen LogP contribution in [0.15, 0.2) is 10.6 Å². The van der Waals surface area contributed by atoms with Crippen LogP contribution in [0.3, 0.4) is 0 Å². The van der Waals surface area contributed by atoms with Gasteiger partial charge < -0.3 is 4.52 Å². The smallest absolute Gasteiger partial charge is 0.361 e. The van der Waals surface area contributed by atoms with E-state index in [1.807, 2.05) is 0 Å². The zero-order valence-electron chi connectivity index (χ0n) is 12.3. The van der Waals surface area contributed by atoms with Crippen molar-refractivity contribution in [2.75, 3.05) is 0 Å². The van der Waals surface area contributed by atoms with E-state index in [1.165, 1.54) is 0 Å². The Morgan fingerprint density at radius 3 is 2.15 bits per heavy atom. The maximum Gasteiger partial charge on any atom is 0.400 e. The molecule has 0 spiro atoms. The maximum atomic E-state index is 13.1. The molecule has 0 aromatic carbocycles. The topological polar surface area (TPSA) is 26.0 Å². The van der Waals surface area contributed by atoms with Crippen LogP contribution in [-0.4, -0.2) is 11.3 Å². The van der Waals surface area contributed by atoms with Gasteiger partial charge in [0.1, 0.15) is 11.2 Å². The Bertz CT molecular complexity index is 454. The Morgan fingerprint density at radius 2 is 1.75 bits per heavy atom. The molecule has 1 fully saturated rings. The molecule has 114 valence electrons. The van der Waals surface area contributed by atoms with Gasteiger partial charge in [-0.3, -0.25) is 0 Å². The second-order valence-corrected chi connectivity index (χ2v) is 6.22. The van der Waals surface area contributed by atoms with Gasteiger partial charge >= 0.3 is 6.18 Å². The van der Waals surface area contributed by atoms with Crippen LogP contribution in [0.5, 0.6) is 0 Å². The lowest BCUT2D eigenvalue weighted by molar-refractivity contribution is -0.161. The fraction of sp³-hybridized carbons (Fsp3) is 0.800. The first-order valence-electron chi connectivity index (χ1n) is 7.33. The average molecular weight is 289 g/mol. The molecule has 0 bridgehead atoms. The minimum absolute atomic E-state index is 0.0680. The molecule has 1 aromatic rings. The van der Waals surface area contributed by atoms with Crippen molar-refractivity contribution in [3.8, 4) is 0 Å². The summed E-state index contributed by atoms with van der Waals surface area (Å²) in [5, 5.41) is 3.75. The highest BCUT2D eigenvalue weighted by atomic mass is 19.4. The number of alkyl halides is 3. The second-order valence-electron chi connectivity index (χ2n) is 6.22. The van der Waals surface area contributed by atoms with E-state index < -0.39 is 11.6 Å². The Kier molecular flexibility index (Phi) is 3.91.